The van der Waals surface area contributed by atoms with Crippen molar-refractivity contribution in [2.45, 2.75) is 0 Å². The molecule has 9 heavy (non-hydrogen) atoms. The van der Waals surface area contributed by atoms with E-state index in [-0.39, 0.29) is 11.5 Å². The molecule has 0 saturated heterocycles. The van der Waals surface area contributed by atoms with E-state index in [1.165, 1.54) is 0 Å². The van der Waals surface area contributed by atoms with E-state index in [1.54, 1.807) is 0 Å². The van der Waals surface area contributed by atoms with Crippen molar-refractivity contribution >= 4 is 5.82 Å². The minimum atomic E-state index is 0.00889. The van der Waals surface area contributed by atoms with Crippen LogP contribution in [0.15, 0.2) is 4.63 Å². The third kappa shape index (κ3) is 0.884. The summed E-state index contributed by atoms with van der Waals surface area (Å²) in [5.74, 6) is 0.00889. The molecule has 0 bridgehead atoms. The summed E-state index contributed by atoms with van der Waals surface area (Å²) in [5.41, 5.74) is 5.13. The van der Waals surface area contributed by atoms with E-state index in [2.05, 4.69) is 20.0 Å². The van der Waals surface area contributed by atoms with Crippen LogP contribution < -0.4 is 5.73 Å². The van der Waals surface area contributed by atoms with Gasteiger partial charge in [0, 0.05) is 5.01 Å². The lowest BCUT2D eigenvalue weighted by atomic mass is 10.5. The molecule has 6 heteroatoms. The molecule has 46 valence electrons. The Morgan fingerprint density at radius 2 is 2.44 bits per heavy atom. The van der Waals surface area contributed by atoms with Gasteiger partial charge in [0.1, 0.15) is 0 Å². The van der Waals surface area contributed by atoms with Crippen LogP contribution in [0.4, 0.5) is 5.82 Å². The smallest absolute Gasteiger partial charge is 0.364 e. The number of hydrogen-bond donors (Lipinski definition) is 1. The number of aromatic nitrogens is 2. The van der Waals surface area contributed by atoms with Crippen molar-refractivity contribution < 1.29 is 4.63 Å². The fraction of sp³-hybridized carbons (Fsp3) is 0. The van der Waals surface area contributed by atoms with Crippen LogP contribution in [0.3, 0.4) is 0 Å². The van der Waals surface area contributed by atoms with Gasteiger partial charge in [-0.05, 0) is 10.3 Å². The Bertz CT molecular complexity index is 256. The van der Waals surface area contributed by atoms with Crippen LogP contribution in [-0.2, 0) is 0 Å². The summed E-state index contributed by atoms with van der Waals surface area (Å²) in [5, 5.41) is 18.1. The summed E-state index contributed by atoms with van der Waals surface area (Å²) in [6.07, 6.45) is 0. The first-order valence-corrected chi connectivity index (χ1v) is 2.01. The molecule has 0 amide bonds. The lowest BCUT2D eigenvalue weighted by molar-refractivity contribution is 0.308. The zero-order chi connectivity index (χ0) is 6.69. The fourth-order valence-corrected chi connectivity index (χ4v) is 0.316. The van der Waals surface area contributed by atoms with Gasteiger partial charge in [-0.15, -0.1) is 0 Å². The first kappa shape index (κ1) is 5.37. The maximum Gasteiger partial charge on any atom is 0.364 e. The molecule has 6 nitrogen and oxygen atoms in total. The Morgan fingerprint density at radius 1 is 1.67 bits per heavy atom. The maximum absolute atomic E-state index is 9.50. The van der Waals surface area contributed by atoms with Crippen molar-refractivity contribution in [3.8, 4) is 6.07 Å². The van der Waals surface area contributed by atoms with Crippen LogP contribution in [0.1, 0.15) is 5.69 Å². The van der Waals surface area contributed by atoms with Gasteiger partial charge < -0.3 is 10.9 Å². The van der Waals surface area contributed by atoms with Crippen LogP contribution >= 0.6 is 0 Å². The zero-order valence-electron chi connectivity index (χ0n) is 4.24. The Hall–Kier alpha value is -1.77. The van der Waals surface area contributed by atoms with E-state index in [4.69, 9.17) is 5.73 Å². The SMILES string of the molecule is Nc1nonc1C#[N+][O-]. The third-order valence-electron chi connectivity index (χ3n) is 0.665. The molecule has 0 atom stereocenters. The second-order valence-electron chi connectivity index (χ2n) is 1.20. The first-order chi connectivity index (χ1) is 4.34. The second-order valence-corrected chi connectivity index (χ2v) is 1.20. The van der Waals surface area contributed by atoms with Crippen molar-refractivity contribution in [2.75, 3.05) is 5.73 Å². The summed E-state index contributed by atoms with van der Waals surface area (Å²) in [6, 6.07) is 1.93. The summed E-state index contributed by atoms with van der Waals surface area (Å²) < 4.78 is 4.11. The largest absolute Gasteiger partial charge is 0.498 e. The molecule has 1 rings (SSSR count). The molecule has 0 aliphatic carbocycles. The number of nitrogen functional groups attached to an aromatic ring is 1. The molecule has 2 N–H and O–H groups in total. The number of anilines is 1. The topological polar surface area (TPSA) is 92.4 Å². The average Bonchev–Trinajstić information content (AvgIpc) is 2.18. The molecule has 1 heterocycles. The van der Waals surface area contributed by atoms with Crippen LogP contribution in [0.25, 0.3) is 5.01 Å². The lowest BCUT2D eigenvalue weighted by Gasteiger charge is -1.68. The molecule has 0 saturated carbocycles. The Kier molecular flexibility index (Phi) is 1.19. The maximum atomic E-state index is 9.50. The monoisotopic (exact) mass is 126 g/mol. The molecule has 0 fully saturated rings. The zero-order valence-corrected chi connectivity index (χ0v) is 4.24. The molecule has 0 aromatic carbocycles. The Balaban J connectivity index is 3.03. The van der Waals surface area contributed by atoms with Gasteiger partial charge in [0.2, 0.25) is 5.82 Å². The summed E-state index contributed by atoms with van der Waals surface area (Å²) >= 11 is 0. The van der Waals surface area contributed by atoms with E-state index in [0.717, 1.165) is 0 Å². The second kappa shape index (κ2) is 2.00. The van der Waals surface area contributed by atoms with Gasteiger partial charge in [-0.3, -0.25) is 0 Å². The Morgan fingerprint density at radius 3 is 2.89 bits per heavy atom. The fourth-order valence-electron chi connectivity index (χ4n) is 0.316. The van der Waals surface area contributed by atoms with Gasteiger partial charge in [0.25, 0.3) is 5.69 Å². The van der Waals surface area contributed by atoms with Gasteiger partial charge >= 0.3 is 6.07 Å². The lowest BCUT2D eigenvalue weighted by Crippen LogP contribution is -1.86. The van der Waals surface area contributed by atoms with Crippen LogP contribution in [0.5, 0.6) is 0 Å². The molecule has 0 aliphatic rings. The van der Waals surface area contributed by atoms with Crippen molar-refractivity contribution in [1.82, 2.24) is 10.3 Å². The summed E-state index contributed by atoms with van der Waals surface area (Å²) in [6.45, 7) is 0. The van der Waals surface area contributed by atoms with E-state index in [0.29, 0.717) is 0 Å². The quantitative estimate of drug-likeness (QED) is 0.487. The molecule has 0 spiro atoms. The predicted octanol–water partition coefficient (Wildman–Crippen LogP) is -0.169. The minimum absolute atomic E-state index is 0.00889. The normalized spacial score (nSPS) is 8.00. The molecular weight excluding hydrogens is 124 g/mol. The van der Waals surface area contributed by atoms with Crippen molar-refractivity contribution in [3.05, 3.63) is 15.9 Å². The van der Waals surface area contributed by atoms with E-state index >= 15 is 0 Å². The highest BCUT2D eigenvalue weighted by Gasteiger charge is 2.06. The summed E-state index contributed by atoms with van der Waals surface area (Å²) in [7, 11) is 0. The average molecular weight is 126 g/mol. The highest BCUT2D eigenvalue weighted by Crippen LogP contribution is 2.00. The standard InChI is InChI=1S/C3H2N4O2/c4-3-2(1-5-8)6-9-7-3/h(H2,4,7). The highest BCUT2D eigenvalue weighted by atomic mass is 16.6. The number of hydrogen-bond acceptors (Lipinski definition) is 5. The number of nitrogens with two attached hydrogens (primary N) is 1. The van der Waals surface area contributed by atoms with E-state index in [9.17, 15) is 5.21 Å². The van der Waals surface area contributed by atoms with E-state index < -0.39 is 0 Å². The minimum Gasteiger partial charge on any atom is -0.498 e. The van der Waals surface area contributed by atoms with Crippen LogP contribution in [-0.4, -0.2) is 10.3 Å². The van der Waals surface area contributed by atoms with Gasteiger partial charge in [-0.2, -0.15) is 0 Å². The van der Waals surface area contributed by atoms with Gasteiger partial charge in [-0.25, -0.2) is 4.63 Å². The molecular formula is C3H2N4O2. The molecule has 0 radical (unpaired) electrons. The highest BCUT2D eigenvalue weighted by molar-refractivity contribution is 5.42. The number of rotatable bonds is 0. The third-order valence-corrected chi connectivity index (χ3v) is 0.665. The van der Waals surface area contributed by atoms with Crippen molar-refractivity contribution in [1.29, 1.82) is 0 Å². The Labute approximate surface area is 49.6 Å². The number of nitrogens with zero attached hydrogens (tertiary/aromatic N) is 3. The summed E-state index contributed by atoms with van der Waals surface area (Å²) in [4.78, 5) is 0. The molecule has 0 aliphatic heterocycles. The van der Waals surface area contributed by atoms with Crippen LogP contribution in [0, 0.1) is 11.3 Å². The van der Waals surface area contributed by atoms with Gasteiger partial charge in [0.15, 0.2) is 0 Å². The van der Waals surface area contributed by atoms with Crippen LogP contribution in [0.2, 0.25) is 0 Å². The first-order valence-electron chi connectivity index (χ1n) is 2.01. The molecule has 1 aromatic heterocycles. The van der Waals surface area contributed by atoms with Crippen molar-refractivity contribution in [2.24, 2.45) is 0 Å². The molecule has 0 unspecified atom stereocenters. The van der Waals surface area contributed by atoms with Crippen molar-refractivity contribution in [3.63, 3.8) is 0 Å². The van der Waals surface area contributed by atoms with Gasteiger partial charge in [-0.1, -0.05) is 0 Å². The van der Waals surface area contributed by atoms with Gasteiger partial charge in [0.05, 0.1) is 0 Å². The predicted molar refractivity (Wildman–Crippen MR) is 28.4 cm³/mol. The molecule has 1 aromatic rings. The van der Waals surface area contributed by atoms with E-state index in [1.807, 2.05) is 6.07 Å².